The van der Waals surface area contributed by atoms with E-state index in [0.717, 1.165) is 5.56 Å². The molecule has 20 heavy (non-hydrogen) atoms. The molecule has 104 valence electrons. The average Bonchev–Trinajstić information content (AvgIpc) is 2.38. The van der Waals surface area contributed by atoms with Crippen LogP contribution in [-0.4, -0.2) is 14.9 Å². The second-order valence-corrected chi connectivity index (χ2v) is 4.91. The molecule has 1 aromatic carbocycles. The van der Waals surface area contributed by atoms with Crippen LogP contribution in [0.3, 0.4) is 0 Å². The van der Waals surface area contributed by atoms with Crippen LogP contribution in [-0.2, 0) is 5.41 Å². The lowest BCUT2D eigenvalue weighted by molar-refractivity contribution is -0.385. The fourth-order valence-corrected chi connectivity index (χ4v) is 2.10. The number of nitro groups is 1. The Hall–Kier alpha value is -2.70. The van der Waals surface area contributed by atoms with Crippen molar-refractivity contribution in [1.29, 1.82) is 0 Å². The van der Waals surface area contributed by atoms with Crippen LogP contribution in [0.15, 0.2) is 30.3 Å². The number of benzene rings is 1. The van der Waals surface area contributed by atoms with E-state index < -0.39 is 10.3 Å². The van der Waals surface area contributed by atoms with Crippen LogP contribution in [0.25, 0.3) is 0 Å². The number of hydrogen-bond donors (Lipinski definition) is 2. The molecule has 1 heterocycles. The Morgan fingerprint density at radius 3 is 2.30 bits per heavy atom. The maximum Gasteiger partial charge on any atom is 0.333 e. The van der Waals surface area contributed by atoms with Crippen LogP contribution in [0, 0.1) is 10.1 Å². The summed E-state index contributed by atoms with van der Waals surface area (Å²) in [6.07, 6.45) is 0. The van der Waals surface area contributed by atoms with E-state index in [4.69, 9.17) is 11.5 Å². The van der Waals surface area contributed by atoms with Crippen molar-refractivity contribution in [2.75, 3.05) is 11.5 Å². The Labute approximate surface area is 115 Å². The molecule has 0 spiro atoms. The van der Waals surface area contributed by atoms with Crippen molar-refractivity contribution in [3.05, 3.63) is 51.7 Å². The van der Waals surface area contributed by atoms with E-state index in [2.05, 4.69) is 9.97 Å². The summed E-state index contributed by atoms with van der Waals surface area (Å²) in [5.74, 6) is -0.298. The third-order valence-electron chi connectivity index (χ3n) is 3.20. The molecule has 2 rings (SSSR count). The van der Waals surface area contributed by atoms with E-state index in [1.54, 1.807) is 0 Å². The maximum absolute atomic E-state index is 11.2. The minimum absolute atomic E-state index is 0.0768. The van der Waals surface area contributed by atoms with Crippen molar-refractivity contribution in [2.45, 2.75) is 19.3 Å². The molecule has 0 unspecified atom stereocenters. The third kappa shape index (κ3) is 2.25. The van der Waals surface area contributed by atoms with Gasteiger partial charge in [0.2, 0.25) is 11.8 Å². The SMILES string of the molecule is CC(C)(c1ccccc1)c1nc(N)nc(N)c1[N+](=O)[O-]. The maximum atomic E-state index is 11.2. The highest BCUT2D eigenvalue weighted by Gasteiger charge is 2.35. The topological polar surface area (TPSA) is 121 Å². The van der Waals surface area contributed by atoms with Crippen LogP contribution in [0.4, 0.5) is 17.5 Å². The summed E-state index contributed by atoms with van der Waals surface area (Å²) in [5.41, 5.74) is 11.3. The monoisotopic (exact) mass is 273 g/mol. The Balaban J connectivity index is 2.71. The highest BCUT2D eigenvalue weighted by Crippen LogP contribution is 2.38. The number of nitrogens with two attached hydrogens (primary N) is 2. The molecule has 0 radical (unpaired) electrons. The van der Waals surface area contributed by atoms with Crippen molar-refractivity contribution in [1.82, 2.24) is 9.97 Å². The number of anilines is 2. The van der Waals surface area contributed by atoms with Gasteiger partial charge in [-0.1, -0.05) is 30.3 Å². The number of rotatable bonds is 3. The third-order valence-corrected chi connectivity index (χ3v) is 3.20. The predicted molar refractivity (Wildman–Crippen MR) is 76.1 cm³/mol. The Bertz CT molecular complexity index is 655. The molecule has 0 fully saturated rings. The molecule has 2 aromatic rings. The van der Waals surface area contributed by atoms with Crippen LogP contribution >= 0.6 is 0 Å². The first kappa shape index (κ1) is 13.7. The van der Waals surface area contributed by atoms with Gasteiger partial charge in [-0.25, -0.2) is 4.98 Å². The summed E-state index contributed by atoms with van der Waals surface area (Å²) in [6, 6.07) is 9.33. The first-order valence-corrected chi connectivity index (χ1v) is 5.97. The number of aromatic nitrogens is 2. The fourth-order valence-electron chi connectivity index (χ4n) is 2.10. The van der Waals surface area contributed by atoms with Gasteiger partial charge in [0, 0.05) is 5.41 Å². The lowest BCUT2D eigenvalue weighted by Crippen LogP contribution is -2.24. The van der Waals surface area contributed by atoms with Gasteiger partial charge in [-0.2, -0.15) is 4.98 Å². The second kappa shape index (κ2) is 4.76. The molecule has 0 atom stereocenters. The van der Waals surface area contributed by atoms with Crippen LogP contribution < -0.4 is 11.5 Å². The van der Waals surface area contributed by atoms with E-state index in [9.17, 15) is 10.1 Å². The smallest absolute Gasteiger partial charge is 0.333 e. The normalized spacial score (nSPS) is 11.3. The summed E-state index contributed by atoms with van der Waals surface area (Å²) in [5, 5.41) is 11.2. The Kier molecular flexibility index (Phi) is 3.27. The minimum Gasteiger partial charge on any atom is -0.378 e. The zero-order valence-electron chi connectivity index (χ0n) is 11.2. The van der Waals surface area contributed by atoms with Crippen LogP contribution in [0.5, 0.6) is 0 Å². The van der Waals surface area contributed by atoms with E-state index >= 15 is 0 Å². The number of nitrogen functional groups attached to an aromatic ring is 2. The van der Waals surface area contributed by atoms with Crippen molar-refractivity contribution >= 4 is 17.5 Å². The summed E-state index contributed by atoms with van der Waals surface area (Å²) in [6.45, 7) is 3.66. The van der Waals surface area contributed by atoms with Crippen LogP contribution in [0.2, 0.25) is 0 Å². The molecule has 0 saturated carbocycles. The number of nitrogens with zero attached hydrogens (tertiary/aromatic N) is 3. The standard InChI is InChI=1S/C13H15N5O2/c1-13(2,8-6-4-3-5-7-8)10-9(18(19)20)11(14)17-12(15)16-10/h3-7H,1-2H3,(H4,14,15,16,17). The van der Waals surface area contributed by atoms with Gasteiger partial charge in [-0.15, -0.1) is 0 Å². The first-order valence-electron chi connectivity index (χ1n) is 5.97. The summed E-state index contributed by atoms with van der Waals surface area (Å²) >= 11 is 0. The molecule has 0 aliphatic heterocycles. The van der Waals surface area contributed by atoms with E-state index in [1.165, 1.54) is 0 Å². The van der Waals surface area contributed by atoms with Crippen molar-refractivity contribution in [3.63, 3.8) is 0 Å². The van der Waals surface area contributed by atoms with Gasteiger partial charge in [-0.3, -0.25) is 10.1 Å². The van der Waals surface area contributed by atoms with Gasteiger partial charge in [0.25, 0.3) is 0 Å². The zero-order chi connectivity index (χ0) is 14.9. The predicted octanol–water partition coefficient (Wildman–Crippen LogP) is 1.88. The molecule has 7 nitrogen and oxygen atoms in total. The molecule has 7 heteroatoms. The lowest BCUT2D eigenvalue weighted by Gasteiger charge is -2.24. The number of hydrogen-bond acceptors (Lipinski definition) is 6. The summed E-state index contributed by atoms with van der Waals surface area (Å²) in [7, 11) is 0. The average molecular weight is 273 g/mol. The summed E-state index contributed by atoms with van der Waals surface area (Å²) < 4.78 is 0. The fraction of sp³-hybridized carbons (Fsp3) is 0.231. The molecule has 0 amide bonds. The molecule has 4 N–H and O–H groups in total. The highest BCUT2D eigenvalue weighted by atomic mass is 16.6. The molecule has 0 saturated heterocycles. The van der Waals surface area contributed by atoms with Gasteiger partial charge < -0.3 is 11.5 Å². The van der Waals surface area contributed by atoms with E-state index in [1.807, 2.05) is 44.2 Å². The molecule has 0 aliphatic carbocycles. The van der Waals surface area contributed by atoms with Gasteiger partial charge >= 0.3 is 5.69 Å². The minimum atomic E-state index is -0.713. The highest BCUT2D eigenvalue weighted by molar-refractivity contribution is 5.61. The largest absolute Gasteiger partial charge is 0.378 e. The van der Waals surface area contributed by atoms with E-state index in [-0.39, 0.29) is 23.1 Å². The molecular formula is C13H15N5O2. The molecule has 1 aromatic heterocycles. The van der Waals surface area contributed by atoms with Crippen molar-refractivity contribution in [3.8, 4) is 0 Å². The summed E-state index contributed by atoms with van der Waals surface area (Å²) in [4.78, 5) is 18.4. The van der Waals surface area contributed by atoms with Crippen molar-refractivity contribution in [2.24, 2.45) is 0 Å². The van der Waals surface area contributed by atoms with Gasteiger partial charge in [0.15, 0.2) is 0 Å². The zero-order valence-corrected chi connectivity index (χ0v) is 11.2. The quantitative estimate of drug-likeness (QED) is 0.650. The van der Waals surface area contributed by atoms with Crippen LogP contribution in [0.1, 0.15) is 25.1 Å². The molecule has 0 bridgehead atoms. The van der Waals surface area contributed by atoms with Gasteiger partial charge in [0.1, 0.15) is 5.69 Å². The Morgan fingerprint density at radius 2 is 1.75 bits per heavy atom. The molecular weight excluding hydrogens is 258 g/mol. The van der Waals surface area contributed by atoms with Gasteiger partial charge in [0.05, 0.1) is 4.92 Å². The Morgan fingerprint density at radius 1 is 1.15 bits per heavy atom. The first-order chi connectivity index (χ1) is 9.34. The van der Waals surface area contributed by atoms with Gasteiger partial charge in [-0.05, 0) is 19.4 Å². The molecule has 0 aliphatic rings. The lowest BCUT2D eigenvalue weighted by atomic mass is 9.80. The van der Waals surface area contributed by atoms with E-state index in [0.29, 0.717) is 0 Å². The van der Waals surface area contributed by atoms with Crippen molar-refractivity contribution < 1.29 is 4.92 Å². The second-order valence-electron chi connectivity index (χ2n) is 4.91.